The molecule has 0 aliphatic heterocycles. The lowest BCUT2D eigenvalue weighted by molar-refractivity contribution is -0.109. The average Bonchev–Trinajstić information content (AvgIpc) is 2.31. The summed E-state index contributed by atoms with van der Waals surface area (Å²) in [6.07, 6.45) is 0.625. The summed E-state index contributed by atoms with van der Waals surface area (Å²) >= 11 is 35.3. The SMILES string of the molecule is CNC=O.ClC1C(Cl)C(Cl)C(Cl)C(Cl)C1Cl. The molecule has 0 aromatic carbocycles. The third-order valence-electron chi connectivity index (χ3n) is 1.94. The number of carbonyl (C=O) groups excluding carboxylic acids is 1. The van der Waals surface area contributed by atoms with Gasteiger partial charge in [-0.3, -0.25) is 4.79 Å². The van der Waals surface area contributed by atoms with Crippen LogP contribution >= 0.6 is 69.6 Å². The largest absolute Gasteiger partial charge is 0.362 e. The zero-order chi connectivity index (χ0) is 12.9. The van der Waals surface area contributed by atoms with Crippen LogP contribution in [-0.4, -0.2) is 45.7 Å². The second-order valence-corrected chi connectivity index (χ2v) is 6.10. The number of carbonyl (C=O) groups is 1. The lowest BCUT2D eigenvalue weighted by atomic mass is 9.97. The van der Waals surface area contributed by atoms with Crippen molar-refractivity contribution in [2.24, 2.45) is 0 Å². The van der Waals surface area contributed by atoms with Crippen LogP contribution in [0.3, 0.4) is 0 Å². The third-order valence-corrected chi connectivity index (χ3v) is 5.97. The molecule has 0 heterocycles. The van der Waals surface area contributed by atoms with E-state index in [1.54, 1.807) is 7.05 Å². The molecule has 96 valence electrons. The van der Waals surface area contributed by atoms with E-state index in [0.717, 1.165) is 0 Å². The van der Waals surface area contributed by atoms with Crippen LogP contribution in [0, 0.1) is 0 Å². The van der Waals surface area contributed by atoms with Gasteiger partial charge in [-0.25, -0.2) is 0 Å². The molecule has 1 aliphatic rings. The van der Waals surface area contributed by atoms with Crippen LogP contribution in [0.2, 0.25) is 0 Å². The van der Waals surface area contributed by atoms with Crippen molar-refractivity contribution in [3.63, 3.8) is 0 Å². The molecule has 16 heavy (non-hydrogen) atoms. The van der Waals surface area contributed by atoms with E-state index in [1.165, 1.54) is 0 Å². The van der Waals surface area contributed by atoms with Crippen molar-refractivity contribution in [3.8, 4) is 0 Å². The number of rotatable bonds is 1. The average molecular weight is 350 g/mol. The fraction of sp³-hybridized carbons (Fsp3) is 0.875. The molecule has 0 radical (unpaired) electrons. The molecule has 1 fully saturated rings. The van der Waals surface area contributed by atoms with Gasteiger partial charge in [0.15, 0.2) is 0 Å². The molecule has 2 nitrogen and oxygen atoms in total. The number of alkyl halides is 6. The smallest absolute Gasteiger partial charge is 0.206 e. The van der Waals surface area contributed by atoms with Crippen LogP contribution in [0.4, 0.5) is 0 Å². The van der Waals surface area contributed by atoms with Crippen LogP contribution in [0.15, 0.2) is 0 Å². The van der Waals surface area contributed by atoms with Gasteiger partial charge in [0.25, 0.3) is 0 Å². The number of hydrogen-bond acceptors (Lipinski definition) is 1. The summed E-state index contributed by atoms with van der Waals surface area (Å²) in [5.41, 5.74) is 0. The van der Waals surface area contributed by atoms with Crippen LogP contribution < -0.4 is 5.32 Å². The molecule has 1 N–H and O–H groups in total. The third kappa shape index (κ3) is 4.47. The van der Waals surface area contributed by atoms with E-state index < -0.39 is 32.3 Å². The lowest BCUT2D eigenvalue weighted by Gasteiger charge is -2.37. The Balaban J connectivity index is 0.000000487. The van der Waals surface area contributed by atoms with Gasteiger partial charge in [-0.05, 0) is 0 Å². The van der Waals surface area contributed by atoms with E-state index in [9.17, 15) is 0 Å². The molecule has 0 atom stereocenters. The first-order valence-corrected chi connectivity index (χ1v) is 6.95. The van der Waals surface area contributed by atoms with E-state index >= 15 is 0 Å². The number of amides is 1. The topological polar surface area (TPSA) is 29.1 Å². The molecule has 0 aromatic rings. The van der Waals surface area contributed by atoms with Gasteiger partial charge in [0.1, 0.15) is 0 Å². The highest BCUT2D eigenvalue weighted by Gasteiger charge is 2.46. The molecule has 0 aromatic heterocycles. The second-order valence-electron chi connectivity index (χ2n) is 3.07. The van der Waals surface area contributed by atoms with Gasteiger partial charge in [-0.2, -0.15) is 0 Å². The molecule has 0 spiro atoms. The number of nitrogens with one attached hydrogen (secondary N) is 1. The summed E-state index contributed by atoms with van der Waals surface area (Å²) in [6, 6.07) is 0. The first-order chi connectivity index (χ1) is 7.38. The number of halogens is 6. The van der Waals surface area contributed by atoms with Gasteiger partial charge in [-0.1, -0.05) is 0 Å². The first-order valence-electron chi connectivity index (χ1n) is 4.33. The maximum Gasteiger partial charge on any atom is 0.206 e. The molecule has 1 saturated carbocycles. The standard InChI is InChI=1S/C6H6Cl6.C2H5NO/c7-1-2(8)4(10)6(12)5(11)3(1)9;1-3-2-4/h1-6H;2H,1H3,(H,3,4). The van der Waals surface area contributed by atoms with Gasteiger partial charge in [0.05, 0.1) is 32.3 Å². The fourth-order valence-electron chi connectivity index (χ4n) is 1.05. The first kappa shape index (κ1) is 17.2. The minimum Gasteiger partial charge on any atom is -0.362 e. The van der Waals surface area contributed by atoms with Crippen molar-refractivity contribution in [1.82, 2.24) is 5.32 Å². The highest BCUT2D eigenvalue weighted by atomic mass is 35.5. The van der Waals surface area contributed by atoms with Crippen LogP contribution in [0.1, 0.15) is 0 Å². The quantitative estimate of drug-likeness (QED) is 0.572. The maximum atomic E-state index is 9.06. The maximum absolute atomic E-state index is 9.06. The molecule has 1 aliphatic carbocycles. The summed E-state index contributed by atoms with van der Waals surface area (Å²) < 4.78 is 0. The Morgan fingerprint density at radius 1 is 0.750 bits per heavy atom. The minimum absolute atomic E-state index is 0.437. The summed E-state index contributed by atoms with van der Waals surface area (Å²) in [6.45, 7) is 0. The Morgan fingerprint density at radius 2 is 0.875 bits per heavy atom. The molecule has 0 bridgehead atoms. The van der Waals surface area contributed by atoms with Crippen LogP contribution in [-0.2, 0) is 4.79 Å². The highest BCUT2D eigenvalue weighted by molar-refractivity contribution is 6.45. The van der Waals surface area contributed by atoms with Crippen molar-refractivity contribution in [2.75, 3.05) is 7.05 Å². The van der Waals surface area contributed by atoms with Crippen molar-refractivity contribution in [2.45, 2.75) is 32.3 Å². The fourth-order valence-corrected chi connectivity index (χ4v) is 3.38. The van der Waals surface area contributed by atoms with Gasteiger partial charge in [-0.15, -0.1) is 69.6 Å². The highest BCUT2D eigenvalue weighted by Crippen LogP contribution is 2.39. The van der Waals surface area contributed by atoms with E-state index in [2.05, 4.69) is 5.32 Å². The molecule has 1 rings (SSSR count). The summed E-state index contributed by atoms with van der Waals surface area (Å²) in [4.78, 5) is 9.06. The van der Waals surface area contributed by atoms with Gasteiger partial charge < -0.3 is 5.32 Å². The Labute approximate surface area is 125 Å². The van der Waals surface area contributed by atoms with Gasteiger partial charge >= 0.3 is 0 Å². The summed E-state index contributed by atoms with van der Waals surface area (Å²) in [7, 11) is 1.56. The van der Waals surface area contributed by atoms with E-state index in [0.29, 0.717) is 6.41 Å². The molecule has 0 unspecified atom stereocenters. The second kappa shape index (κ2) is 8.34. The molecular weight excluding hydrogens is 339 g/mol. The zero-order valence-electron chi connectivity index (χ0n) is 8.22. The Morgan fingerprint density at radius 3 is 0.938 bits per heavy atom. The minimum atomic E-state index is -0.437. The monoisotopic (exact) mass is 347 g/mol. The molecule has 0 saturated heterocycles. The summed E-state index contributed by atoms with van der Waals surface area (Å²) in [5, 5.41) is -0.370. The van der Waals surface area contributed by atoms with Crippen molar-refractivity contribution in [1.29, 1.82) is 0 Å². The molecule has 8 heteroatoms. The Kier molecular flexibility index (Phi) is 8.97. The predicted molar refractivity (Wildman–Crippen MR) is 73.0 cm³/mol. The number of hydrogen-bond donors (Lipinski definition) is 1. The van der Waals surface area contributed by atoms with Gasteiger partial charge in [0, 0.05) is 7.05 Å². The zero-order valence-corrected chi connectivity index (χ0v) is 12.8. The Bertz CT molecular complexity index is 160. The molecule has 1 amide bonds. The summed E-state index contributed by atoms with van der Waals surface area (Å²) in [5.74, 6) is 0. The van der Waals surface area contributed by atoms with E-state index in [-0.39, 0.29) is 0 Å². The van der Waals surface area contributed by atoms with Crippen LogP contribution in [0.5, 0.6) is 0 Å². The van der Waals surface area contributed by atoms with Crippen molar-refractivity contribution < 1.29 is 4.79 Å². The Hall–Kier alpha value is 1.21. The van der Waals surface area contributed by atoms with Crippen molar-refractivity contribution >= 4 is 76.0 Å². The van der Waals surface area contributed by atoms with E-state index in [1.807, 2.05) is 0 Å². The predicted octanol–water partition coefficient (Wildman–Crippen LogP) is 3.01. The molecular formula is C8H11Cl6NO. The van der Waals surface area contributed by atoms with Gasteiger partial charge in [0.2, 0.25) is 6.41 Å². The van der Waals surface area contributed by atoms with Crippen LogP contribution in [0.25, 0.3) is 0 Å². The van der Waals surface area contributed by atoms with Crippen molar-refractivity contribution in [3.05, 3.63) is 0 Å². The lowest BCUT2D eigenvalue weighted by Crippen LogP contribution is -2.52. The van der Waals surface area contributed by atoms with E-state index in [4.69, 9.17) is 74.4 Å². The normalized spacial score (nSPS) is 42.9.